The van der Waals surface area contributed by atoms with Crippen molar-refractivity contribution >= 4 is 15.9 Å². The molecular formula is C11H14BrNO. The standard InChI is InChI=1S/C11H14BrNO/c1-7-2-3-10(12)9(4-7)11(13)5-8(14)6-11/h2-4,8,14H,5-6,13H2,1H3. The van der Waals surface area contributed by atoms with Crippen LogP contribution in [0, 0.1) is 6.92 Å². The van der Waals surface area contributed by atoms with E-state index in [-0.39, 0.29) is 11.6 Å². The van der Waals surface area contributed by atoms with Gasteiger partial charge in [0.05, 0.1) is 6.10 Å². The third-order valence-corrected chi connectivity index (χ3v) is 3.55. The molecule has 0 unspecified atom stereocenters. The van der Waals surface area contributed by atoms with Gasteiger partial charge < -0.3 is 10.8 Å². The zero-order valence-electron chi connectivity index (χ0n) is 8.13. The third-order valence-electron chi connectivity index (χ3n) is 2.86. The molecule has 0 bridgehead atoms. The summed E-state index contributed by atoms with van der Waals surface area (Å²) in [6.07, 6.45) is 1.09. The summed E-state index contributed by atoms with van der Waals surface area (Å²) in [5.41, 5.74) is 8.18. The molecule has 0 atom stereocenters. The highest BCUT2D eigenvalue weighted by atomic mass is 79.9. The zero-order chi connectivity index (χ0) is 10.3. The molecule has 1 saturated carbocycles. The molecule has 2 nitrogen and oxygen atoms in total. The second-order valence-corrected chi connectivity index (χ2v) is 5.06. The molecule has 3 heteroatoms. The van der Waals surface area contributed by atoms with Gasteiger partial charge in [0, 0.05) is 10.0 Å². The predicted molar refractivity (Wildman–Crippen MR) is 60.0 cm³/mol. The lowest BCUT2D eigenvalue weighted by Gasteiger charge is -2.43. The minimum absolute atomic E-state index is 0.229. The Bertz CT molecular complexity index is 358. The molecule has 1 fully saturated rings. The van der Waals surface area contributed by atoms with Crippen molar-refractivity contribution in [2.75, 3.05) is 0 Å². The number of aliphatic hydroxyl groups excluding tert-OH is 1. The topological polar surface area (TPSA) is 46.2 Å². The van der Waals surface area contributed by atoms with E-state index in [4.69, 9.17) is 5.73 Å². The maximum Gasteiger partial charge on any atom is 0.0582 e. The van der Waals surface area contributed by atoms with E-state index < -0.39 is 0 Å². The number of hydrogen-bond acceptors (Lipinski definition) is 2. The number of aryl methyl sites for hydroxylation is 1. The number of benzene rings is 1. The van der Waals surface area contributed by atoms with Crippen molar-refractivity contribution in [3.8, 4) is 0 Å². The Morgan fingerprint density at radius 2 is 2.14 bits per heavy atom. The fourth-order valence-electron chi connectivity index (χ4n) is 2.02. The summed E-state index contributed by atoms with van der Waals surface area (Å²) in [7, 11) is 0. The van der Waals surface area contributed by atoms with Gasteiger partial charge >= 0.3 is 0 Å². The zero-order valence-corrected chi connectivity index (χ0v) is 9.71. The summed E-state index contributed by atoms with van der Waals surface area (Å²) < 4.78 is 1.04. The van der Waals surface area contributed by atoms with Gasteiger partial charge in [0.25, 0.3) is 0 Å². The van der Waals surface area contributed by atoms with Crippen molar-refractivity contribution in [3.63, 3.8) is 0 Å². The SMILES string of the molecule is Cc1ccc(Br)c(C2(N)CC(O)C2)c1. The maximum absolute atomic E-state index is 9.31. The Morgan fingerprint density at radius 1 is 1.50 bits per heavy atom. The van der Waals surface area contributed by atoms with Gasteiger partial charge in [-0.2, -0.15) is 0 Å². The Hall–Kier alpha value is -0.380. The summed E-state index contributed by atoms with van der Waals surface area (Å²) >= 11 is 3.50. The number of aliphatic hydroxyl groups is 1. The average molecular weight is 256 g/mol. The van der Waals surface area contributed by atoms with Crippen molar-refractivity contribution in [2.45, 2.75) is 31.4 Å². The lowest BCUT2D eigenvalue weighted by Crippen LogP contribution is -2.51. The first-order valence-electron chi connectivity index (χ1n) is 4.75. The Balaban J connectivity index is 2.36. The highest BCUT2D eigenvalue weighted by Crippen LogP contribution is 2.42. The van der Waals surface area contributed by atoms with Crippen LogP contribution in [0.3, 0.4) is 0 Å². The van der Waals surface area contributed by atoms with E-state index in [1.54, 1.807) is 0 Å². The summed E-state index contributed by atoms with van der Waals surface area (Å²) in [5.74, 6) is 0. The first-order valence-corrected chi connectivity index (χ1v) is 5.54. The van der Waals surface area contributed by atoms with Crippen LogP contribution in [0.5, 0.6) is 0 Å². The number of hydrogen-bond donors (Lipinski definition) is 2. The first kappa shape index (κ1) is 10.1. The van der Waals surface area contributed by atoms with Crippen LogP contribution >= 0.6 is 15.9 Å². The molecular weight excluding hydrogens is 242 g/mol. The fraction of sp³-hybridized carbons (Fsp3) is 0.455. The average Bonchev–Trinajstić information content (AvgIpc) is 2.07. The van der Waals surface area contributed by atoms with Crippen molar-refractivity contribution in [2.24, 2.45) is 5.73 Å². The fourth-order valence-corrected chi connectivity index (χ4v) is 2.66. The highest BCUT2D eigenvalue weighted by Gasteiger charge is 2.42. The number of nitrogens with two attached hydrogens (primary N) is 1. The molecule has 14 heavy (non-hydrogen) atoms. The monoisotopic (exact) mass is 255 g/mol. The molecule has 0 saturated heterocycles. The van der Waals surface area contributed by atoms with Gasteiger partial charge in [-0.25, -0.2) is 0 Å². The van der Waals surface area contributed by atoms with Crippen molar-refractivity contribution < 1.29 is 5.11 Å². The predicted octanol–water partition coefficient (Wildman–Crippen LogP) is 2.07. The van der Waals surface area contributed by atoms with Gasteiger partial charge in [0.2, 0.25) is 0 Å². The van der Waals surface area contributed by atoms with Crippen LogP contribution < -0.4 is 5.73 Å². The number of rotatable bonds is 1. The largest absolute Gasteiger partial charge is 0.393 e. The molecule has 0 heterocycles. The quantitative estimate of drug-likeness (QED) is 0.807. The molecule has 3 N–H and O–H groups in total. The van der Waals surface area contributed by atoms with Crippen LogP contribution in [0.15, 0.2) is 22.7 Å². The van der Waals surface area contributed by atoms with E-state index in [9.17, 15) is 5.11 Å². The van der Waals surface area contributed by atoms with E-state index in [2.05, 4.69) is 22.0 Å². The Morgan fingerprint density at radius 3 is 2.71 bits per heavy atom. The maximum atomic E-state index is 9.31. The highest BCUT2D eigenvalue weighted by molar-refractivity contribution is 9.10. The van der Waals surface area contributed by atoms with Crippen LogP contribution in [0.4, 0.5) is 0 Å². The molecule has 0 aliphatic heterocycles. The van der Waals surface area contributed by atoms with Gasteiger partial charge in [-0.1, -0.05) is 33.6 Å². The van der Waals surface area contributed by atoms with E-state index in [0.717, 1.165) is 10.0 Å². The van der Waals surface area contributed by atoms with Crippen LogP contribution in [-0.2, 0) is 5.54 Å². The summed E-state index contributed by atoms with van der Waals surface area (Å²) in [6.45, 7) is 2.05. The smallest absolute Gasteiger partial charge is 0.0582 e. The molecule has 2 rings (SSSR count). The Kier molecular flexibility index (Phi) is 2.41. The molecule has 1 aliphatic rings. The van der Waals surface area contributed by atoms with Crippen molar-refractivity contribution in [1.29, 1.82) is 0 Å². The van der Waals surface area contributed by atoms with Gasteiger partial charge in [-0.3, -0.25) is 0 Å². The van der Waals surface area contributed by atoms with E-state index in [1.807, 2.05) is 19.1 Å². The van der Waals surface area contributed by atoms with E-state index in [0.29, 0.717) is 12.8 Å². The molecule has 0 radical (unpaired) electrons. The third kappa shape index (κ3) is 1.60. The summed E-state index contributed by atoms with van der Waals surface area (Å²) in [5, 5.41) is 9.31. The van der Waals surface area contributed by atoms with E-state index >= 15 is 0 Å². The molecule has 1 aliphatic carbocycles. The minimum atomic E-state index is -0.329. The summed E-state index contributed by atoms with van der Waals surface area (Å²) in [4.78, 5) is 0. The Labute approximate surface area is 92.3 Å². The molecule has 0 amide bonds. The van der Waals surface area contributed by atoms with Gasteiger partial charge in [-0.15, -0.1) is 0 Å². The van der Waals surface area contributed by atoms with Gasteiger partial charge in [-0.05, 0) is 31.4 Å². The van der Waals surface area contributed by atoms with E-state index in [1.165, 1.54) is 5.56 Å². The lowest BCUT2D eigenvalue weighted by molar-refractivity contribution is 0.0206. The van der Waals surface area contributed by atoms with Crippen molar-refractivity contribution in [1.82, 2.24) is 0 Å². The van der Waals surface area contributed by atoms with Crippen LogP contribution in [0.25, 0.3) is 0 Å². The van der Waals surface area contributed by atoms with Crippen LogP contribution in [-0.4, -0.2) is 11.2 Å². The van der Waals surface area contributed by atoms with Crippen LogP contribution in [0.2, 0.25) is 0 Å². The lowest BCUT2D eigenvalue weighted by atomic mass is 9.70. The second-order valence-electron chi connectivity index (χ2n) is 4.20. The molecule has 76 valence electrons. The van der Waals surface area contributed by atoms with Gasteiger partial charge in [0.1, 0.15) is 0 Å². The van der Waals surface area contributed by atoms with Crippen LogP contribution in [0.1, 0.15) is 24.0 Å². The molecule has 1 aromatic carbocycles. The molecule has 1 aromatic rings. The normalized spacial score (nSPS) is 31.3. The second kappa shape index (κ2) is 3.33. The van der Waals surface area contributed by atoms with Gasteiger partial charge in [0.15, 0.2) is 0 Å². The molecule has 0 spiro atoms. The molecule has 0 aromatic heterocycles. The minimum Gasteiger partial charge on any atom is -0.393 e. The first-order chi connectivity index (χ1) is 6.51. The summed E-state index contributed by atoms with van der Waals surface area (Å²) in [6, 6.07) is 6.16. The number of halogens is 1. The van der Waals surface area contributed by atoms with Crippen molar-refractivity contribution in [3.05, 3.63) is 33.8 Å².